The zero-order valence-electron chi connectivity index (χ0n) is 13.4. The number of rotatable bonds is 3. The summed E-state index contributed by atoms with van der Waals surface area (Å²) in [5, 5.41) is 6.03. The van der Waals surface area contributed by atoms with Crippen LogP contribution in [0.3, 0.4) is 0 Å². The predicted molar refractivity (Wildman–Crippen MR) is 96.2 cm³/mol. The number of para-hydroxylation sites is 1. The third-order valence-corrected chi connectivity index (χ3v) is 4.61. The lowest BCUT2D eigenvalue weighted by Crippen LogP contribution is -2.13. The predicted octanol–water partition coefficient (Wildman–Crippen LogP) is 4.99. The lowest BCUT2D eigenvalue weighted by atomic mass is 10.1. The van der Waals surface area contributed by atoms with Gasteiger partial charge in [0, 0.05) is 16.5 Å². The van der Waals surface area contributed by atoms with E-state index in [1.165, 1.54) is 5.56 Å². The first-order valence-corrected chi connectivity index (χ1v) is 8.32. The third kappa shape index (κ3) is 3.32. The number of aromatic nitrogens is 1. The highest BCUT2D eigenvalue weighted by Crippen LogP contribution is 2.29. The van der Waals surface area contributed by atoms with Gasteiger partial charge in [0.2, 0.25) is 0 Å². The number of thiazole rings is 1. The molecule has 0 aliphatic heterocycles. The molecule has 0 spiro atoms. The average molecular weight is 322 g/mol. The summed E-state index contributed by atoms with van der Waals surface area (Å²) in [6.07, 6.45) is 0. The van der Waals surface area contributed by atoms with E-state index in [1.807, 2.05) is 68.6 Å². The number of benzene rings is 2. The van der Waals surface area contributed by atoms with Gasteiger partial charge in [-0.2, -0.15) is 0 Å². The van der Waals surface area contributed by atoms with E-state index in [2.05, 4.69) is 10.3 Å². The maximum atomic E-state index is 12.5. The van der Waals surface area contributed by atoms with Gasteiger partial charge < -0.3 is 5.32 Å². The van der Waals surface area contributed by atoms with E-state index in [4.69, 9.17) is 0 Å². The zero-order chi connectivity index (χ0) is 16.4. The van der Waals surface area contributed by atoms with E-state index in [0.717, 1.165) is 27.5 Å². The number of nitrogens with one attached hydrogen (secondary N) is 1. The van der Waals surface area contributed by atoms with Crippen LogP contribution in [0.15, 0.2) is 47.8 Å². The fraction of sp³-hybridized carbons (Fsp3) is 0.158. The average Bonchev–Trinajstić information content (AvgIpc) is 2.97. The minimum Gasteiger partial charge on any atom is -0.321 e. The van der Waals surface area contributed by atoms with Crippen molar-refractivity contribution in [3.8, 4) is 11.3 Å². The zero-order valence-corrected chi connectivity index (χ0v) is 14.2. The Bertz CT molecular complexity index is 867. The molecule has 0 saturated carbocycles. The van der Waals surface area contributed by atoms with Crippen molar-refractivity contribution in [1.82, 2.24) is 4.98 Å². The fourth-order valence-electron chi connectivity index (χ4n) is 2.38. The summed E-state index contributed by atoms with van der Waals surface area (Å²) >= 11 is 1.60. The Morgan fingerprint density at radius 2 is 1.83 bits per heavy atom. The number of hydrogen-bond acceptors (Lipinski definition) is 3. The maximum Gasteiger partial charge on any atom is 0.255 e. The number of amides is 1. The van der Waals surface area contributed by atoms with Crippen LogP contribution < -0.4 is 5.32 Å². The van der Waals surface area contributed by atoms with E-state index >= 15 is 0 Å². The summed E-state index contributed by atoms with van der Waals surface area (Å²) in [4.78, 5) is 17.1. The van der Waals surface area contributed by atoms with Gasteiger partial charge in [-0.15, -0.1) is 11.3 Å². The molecular weight excluding hydrogens is 304 g/mol. The summed E-state index contributed by atoms with van der Waals surface area (Å²) < 4.78 is 0. The highest BCUT2D eigenvalue weighted by molar-refractivity contribution is 7.09. The molecule has 23 heavy (non-hydrogen) atoms. The number of nitrogens with zero attached hydrogens (tertiary/aromatic N) is 1. The standard InChI is InChI=1S/C19H18N2OS/c1-12-8-9-15(10-13(12)2)19(22)21-17-7-5-4-6-16(17)18-11-23-14(3)20-18/h4-11H,1-3H3,(H,21,22). The lowest BCUT2D eigenvalue weighted by molar-refractivity contribution is 0.102. The number of anilines is 1. The molecule has 1 N–H and O–H groups in total. The molecule has 3 aromatic rings. The van der Waals surface area contributed by atoms with Gasteiger partial charge in [0.15, 0.2) is 0 Å². The molecule has 0 atom stereocenters. The molecule has 116 valence electrons. The Kier molecular flexibility index (Phi) is 4.26. The van der Waals surface area contributed by atoms with Crippen molar-refractivity contribution >= 4 is 22.9 Å². The monoisotopic (exact) mass is 322 g/mol. The molecule has 2 aromatic carbocycles. The molecule has 0 aliphatic rings. The lowest BCUT2D eigenvalue weighted by Gasteiger charge is -2.10. The normalized spacial score (nSPS) is 10.6. The molecule has 0 radical (unpaired) electrons. The maximum absolute atomic E-state index is 12.5. The van der Waals surface area contributed by atoms with E-state index in [-0.39, 0.29) is 5.91 Å². The Morgan fingerprint density at radius 3 is 2.52 bits per heavy atom. The SMILES string of the molecule is Cc1nc(-c2ccccc2NC(=O)c2ccc(C)c(C)c2)cs1. The topological polar surface area (TPSA) is 42.0 Å². The second-order valence-electron chi connectivity index (χ2n) is 5.55. The molecule has 1 amide bonds. The van der Waals surface area contributed by atoms with Crippen molar-refractivity contribution < 1.29 is 4.79 Å². The second kappa shape index (κ2) is 6.34. The summed E-state index contributed by atoms with van der Waals surface area (Å²) in [5.41, 5.74) is 5.57. The van der Waals surface area contributed by atoms with Gasteiger partial charge in [-0.3, -0.25) is 4.79 Å². The molecular formula is C19H18N2OS. The first kappa shape index (κ1) is 15.4. The number of carbonyl (C=O) groups is 1. The Morgan fingerprint density at radius 1 is 1.04 bits per heavy atom. The smallest absolute Gasteiger partial charge is 0.255 e. The molecule has 3 nitrogen and oxygen atoms in total. The number of carbonyl (C=O) groups excluding carboxylic acids is 1. The highest BCUT2D eigenvalue weighted by Gasteiger charge is 2.12. The van der Waals surface area contributed by atoms with Gasteiger partial charge in [-0.1, -0.05) is 24.3 Å². The van der Waals surface area contributed by atoms with Gasteiger partial charge in [-0.05, 0) is 50.1 Å². The molecule has 0 unspecified atom stereocenters. The first-order valence-electron chi connectivity index (χ1n) is 7.45. The van der Waals surface area contributed by atoms with Crippen LogP contribution >= 0.6 is 11.3 Å². The summed E-state index contributed by atoms with van der Waals surface area (Å²) in [6.45, 7) is 6.03. The Labute approximate surface area is 140 Å². The second-order valence-corrected chi connectivity index (χ2v) is 6.61. The molecule has 0 fully saturated rings. The van der Waals surface area contributed by atoms with Gasteiger partial charge in [0.1, 0.15) is 0 Å². The van der Waals surface area contributed by atoms with Crippen molar-refractivity contribution in [2.75, 3.05) is 5.32 Å². The summed E-state index contributed by atoms with van der Waals surface area (Å²) in [6, 6.07) is 13.5. The minimum atomic E-state index is -0.104. The Balaban J connectivity index is 1.91. The van der Waals surface area contributed by atoms with Crippen LogP contribution in [0.25, 0.3) is 11.3 Å². The number of hydrogen-bond donors (Lipinski definition) is 1. The van der Waals surface area contributed by atoms with Crippen LogP contribution in [0.4, 0.5) is 5.69 Å². The highest BCUT2D eigenvalue weighted by atomic mass is 32.1. The van der Waals surface area contributed by atoms with Crippen molar-refractivity contribution in [3.63, 3.8) is 0 Å². The largest absolute Gasteiger partial charge is 0.321 e. The molecule has 3 rings (SSSR count). The van der Waals surface area contributed by atoms with Crippen LogP contribution in [-0.4, -0.2) is 10.9 Å². The van der Waals surface area contributed by atoms with Crippen LogP contribution in [0.2, 0.25) is 0 Å². The molecule has 4 heteroatoms. The summed E-state index contributed by atoms with van der Waals surface area (Å²) in [7, 11) is 0. The van der Waals surface area contributed by atoms with Gasteiger partial charge >= 0.3 is 0 Å². The van der Waals surface area contributed by atoms with Crippen LogP contribution in [-0.2, 0) is 0 Å². The molecule has 0 bridgehead atoms. The minimum absolute atomic E-state index is 0.104. The van der Waals surface area contributed by atoms with E-state index in [9.17, 15) is 4.79 Å². The van der Waals surface area contributed by atoms with Crippen LogP contribution in [0.1, 0.15) is 26.5 Å². The van der Waals surface area contributed by atoms with E-state index in [0.29, 0.717) is 5.56 Å². The molecule has 1 aromatic heterocycles. The van der Waals surface area contributed by atoms with Gasteiger partial charge in [0.25, 0.3) is 5.91 Å². The number of aryl methyl sites for hydroxylation is 3. The van der Waals surface area contributed by atoms with Crippen molar-refractivity contribution in [2.24, 2.45) is 0 Å². The molecule has 1 heterocycles. The fourth-order valence-corrected chi connectivity index (χ4v) is 2.99. The van der Waals surface area contributed by atoms with Gasteiger partial charge in [0.05, 0.1) is 16.4 Å². The summed E-state index contributed by atoms with van der Waals surface area (Å²) in [5.74, 6) is -0.104. The molecule has 0 aliphatic carbocycles. The quantitative estimate of drug-likeness (QED) is 0.738. The van der Waals surface area contributed by atoms with E-state index < -0.39 is 0 Å². The van der Waals surface area contributed by atoms with Crippen LogP contribution in [0, 0.1) is 20.8 Å². The van der Waals surface area contributed by atoms with Crippen molar-refractivity contribution in [1.29, 1.82) is 0 Å². The van der Waals surface area contributed by atoms with Crippen LogP contribution in [0.5, 0.6) is 0 Å². The first-order chi connectivity index (χ1) is 11.0. The third-order valence-electron chi connectivity index (χ3n) is 3.84. The Hall–Kier alpha value is -2.46. The van der Waals surface area contributed by atoms with Crippen molar-refractivity contribution in [2.45, 2.75) is 20.8 Å². The molecule has 0 saturated heterocycles. The van der Waals surface area contributed by atoms with Gasteiger partial charge in [-0.25, -0.2) is 4.98 Å². The van der Waals surface area contributed by atoms with E-state index in [1.54, 1.807) is 11.3 Å². The van der Waals surface area contributed by atoms with Crippen molar-refractivity contribution in [3.05, 3.63) is 69.5 Å².